The SMILES string of the molecule is COc1cc(OC)nc(N2CCCC2Cn2ccnc2C)n1. The maximum atomic E-state index is 5.24. The molecule has 1 fully saturated rings. The summed E-state index contributed by atoms with van der Waals surface area (Å²) in [5.41, 5.74) is 0. The molecule has 1 saturated heterocycles. The number of rotatable bonds is 5. The Kier molecular flexibility index (Phi) is 4.13. The Hall–Kier alpha value is -2.31. The number of hydrogen-bond donors (Lipinski definition) is 0. The molecule has 1 unspecified atom stereocenters. The Bertz CT molecular complexity index is 620. The second-order valence-electron chi connectivity index (χ2n) is 5.37. The van der Waals surface area contributed by atoms with Gasteiger partial charge in [0.05, 0.1) is 20.3 Å². The minimum Gasteiger partial charge on any atom is -0.481 e. The highest BCUT2D eigenvalue weighted by molar-refractivity contribution is 5.39. The minimum absolute atomic E-state index is 0.352. The van der Waals surface area contributed by atoms with Crippen molar-refractivity contribution < 1.29 is 9.47 Å². The molecular weight excluding hydrogens is 282 g/mol. The Morgan fingerprint density at radius 2 is 1.95 bits per heavy atom. The van der Waals surface area contributed by atoms with E-state index in [0.717, 1.165) is 31.8 Å². The van der Waals surface area contributed by atoms with E-state index in [1.807, 2.05) is 19.3 Å². The largest absolute Gasteiger partial charge is 0.481 e. The van der Waals surface area contributed by atoms with Gasteiger partial charge in [0.2, 0.25) is 17.7 Å². The van der Waals surface area contributed by atoms with Gasteiger partial charge in [-0.3, -0.25) is 0 Å². The minimum atomic E-state index is 0.352. The van der Waals surface area contributed by atoms with Crippen molar-refractivity contribution in [3.63, 3.8) is 0 Å². The van der Waals surface area contributed by atoms with Crippen molar-refractivity contribution in [2.75, 3.05) is 25.7 Å². The van der Waals surface area contributed by atoms with Crippen LogP contribution >= 0.6 is 0 Å². The lowest BCUT2D eigenvalue weighted by molar-refractivity contribution is 0.371. The van der Waals surface area contributed by atoms with Crippen LogP contribution in [0.5, 0.6) is 11.8 Å². The van der Waals surface area contributed by atoms with Crippen LogP contribution in [0.1, 0.15) is 18.7 Å². The number of aryl methyl sites for hydroxylation is 1. The molecule has 0 spiro atoms. The Balaban J connectivity index is 1.85. The van der Waals surface area contributed by atoms with E-state index in [4.69, 9.17) is 9.47 Å². The Morgan fingerprint density at radius 3 is 2.55 bits per heavy atom. The van der Waals surface area contributed by atoms with Gasteiger partial charge in [0.1, 0.15) is 5.82 Å². The summed E-state index contributed by atoms with van der Waals surface area (Å²) >= 11 is 0. The van der Waals surface area contributed by atoms with Gasteiger partial charge in [0.15, 0.2) is 0 Å². The van der Waals surface area contributed by atoms with Crippen LogP contribution < -0.4 is 14.4 Å². The van der Waals surface area contributed by atoms with E-state index in [0.29, 0.717) is 23.8 Å². The standard InChI is InChI=1S/C15H21N5O2/c1-11-16-6-8-19(11)10-12-5-4-7-20(12)15-17-13(21-2)9-14(18-15)22-3/h6,8-9,12H,4-5,7,10H2,1-3H3. The van der Waals surface area contributed by atoms with E-state index in [1.54, 1.807) is 20.3 Å². The van der Waals surface area contributed by atoms with Crippen LogP contribution in [0.2, 0.25) is 0 Å². The molecule has 0 saturated carbocycles. The molecule has 3 heterocycles. The molecule has 22 heavy (non-hydrogen) atoms. The summed E-state index contributed by atoms with van der Waals surface area (Å²) in [6, 6.07) is 2.04. The number of ether oxygens (including phenoxy) is 2. The lowest BCUT2D eigenvalue weighted by Crippen LogP contribution is -2.34. The molecule has 0 N–H and O–H groups in total. The molecule has 0 bridgehead atoms. The van der Waals surface area contributed by atoms with Crippen LogP contribution in [-0.4, -0.2) is 46.3 Å². The molecule has 7 nitrogen and oxygen atoms in total. The number of nitrogens with zero attached hydrogens (tertiary/aromatic N) is 5. The molecule has 2 aromatic rings. The molecule has 1 aliphatic rings. The zero-order valence-corrected chi connectivity index (χ0v) is 13.2. The summed E-state index contributed by atoms with van der Waals surface area (Å²) in [5, 5.41) is 0. The van der Waals surface area contributed by atoms with Crippen molar-refractivity contribution in [1.29, 1.82) is 0 Å². The van der Waals surface area contributed by atoms with Gasteiger partial charge < -0.3 is 18.9 Å². The maximum Gasteiger partial charge on any atom is 0.232 e. The fourth-order valence-corrected chi connectivity index (χ4v) is 2.84. The zero-order valence-electron chi connectivity index (χ0n) is 13.2. The van der Waals surface area contributed by atoms with Crippen molar-refractivity contribution in [2.45, 2.75) is 32.4 Å². The smallest absolute Gasteiger partial charge is 0.232 e. The van der Waals surface area contributed by atoms with Crippen LogP contribution in [0.4, 0.5) is 5.95 Å². The van der Waals surface area contributed by atoms with Crippen LogP contribution in [0, 0.1) is 6.92 Å². The van der Waals surface area contributed by atoms with Gasteiger partial charge >= 0.3 is 0 Å². The van der Waals surface area contributed by atoms with Crippen molar-refractivity contribution in [1.82, 2.24) is 19.5 Å². The highest BCUT2D eigenvalue weighted by atomic mass is 16.5. The molecular formula is C15H21N5O2. The van der Waals surface area contributed by atoms with E-state index in [1.165, 1.54) is 0 Å². The quantitative estimate of drug-likeness (QED) is 0.837. The number of imidazole rings is 1. The van der Waals surface area contributed by atoms with Gasteiger partial charge in [-0.05, 0) is 19.8 Å². The third-order valence-electron chi connectivity index (χ3n) is 4.05. The van der Waals surface area contributed by atoms with E-state index >= 15 is 0 Å². The van der Waals surface area contributed by atoms with Crippen molar-refractivity contribution in [3.05, 3.63) is 24.3 Å². The summed E-state index contributed by atoms with van der Waals surface area (Å²) in [7, 11) is 3.20. The third kappa shape index (κ3) is 2.84. The predicted molar refractivity (Wildman–Crippen MR) is 82.5 cm³/mol. The molecule has 0 radical (unpaired) electrons. The lowest BCUT2D eigenvalue weighted by atomic mass is 10.2. The second-order valence-corrected chi connectivity index (χ2v) is 5.37. The normalized spacial score (nSPS) is 17.8. The average Bonchev–Trinajstić information content (AvgIpc) is 3.17. The van der Waals surface area contributed by atoms with Crippen molar-refractivity contribution in [3.8, 4) is 11.8 Å². The second kappa shape index (κ2) is 6.21. The molecule has 0 aromatic carbocycles. The third-order valence-corrected chi connectivity index (χ3v) is 4.05. The van der Waals surface area contributed by atoms with Gasteiger partial charge in [0, 0.05) is 31.5 Å². The summed E-state index contributed by atoms with van der Waals surface area (Å²) in [4.78, 5) is 15.5. The maximum absolute atomic E-state index is 5.24. The predicted octanol–water partition coefficient (Wildman–Crippen LogP) is 1.67. The molecule has 1 aliphatic heterocycles. The first-order valence-corrected chi connectivity index (χ1v) is 7.42. The highest BCUT2D eigenvalue weighted by Crippen LogP contribution is 2.27. The van der Waals surface area contributed by atoms with Gasteiger partial charge in [-0.25, -0.2) is 4.98 Å². The molecule has 118 valence electrons. The number of aromatic nitrogens is 4. The van der Waals surface area contributed by atoms with Crippen LogP contribution in [0.3, 0.4) is 0 Å². The Morgan fingerprint density at radius 1 is 1.23 bits per heavy atom. The summed E-state index contributed by atoms with van der Waals surface area (Å²) in [6.07, 6.45) is 6.08. The topological polar surface area (TPSA) is 65.3 Å². The Labute approximate surface area is 129 Å². The van der Waals surface area contributed by atoms with E-state index in [-0.39, 0.29) is 0 Å². The average molecular weight is 303 g/mol. The highest BCUT2D eigenvalue weighted by Gasteiger charge is 2.28. The van der Waals surface area contributed by atoms with E-state index in [9.17, 15) is 0 Å². The van der Waals surface area contributed by atoms with Crippen molar-refractivity contribution in [2.24, 2.45) is 0 Å². The number of anilines is 1. The molecule has 0 amide bonds. The summed E-state index contributed by atoms with van der Waals surface area (Å²) in [6.45, 7) is 3.84. The van der Waals surface area contributed by atoms with Crippen LogP contribution in [0.15, 0.2) is 18.5 Å². The van der Waals surface area contributed by atoms with Gasteiger partial charge in [-0.1, -0.05) is 0 Å². The molecule has 0 aliphatic carbocycles. The van der Waals surface area contributed by atoms with Crippen molar-refractivity contribution >= 4 is 5.95 Å². The molecule has 1 atom stereocenters. The molecule has 3 rings (SSSR count). The fraction of sp³-hybridized carbons (Fsp3) is 0.533. The van der Waals surface area contributed by atoms with Crippen LogP contribution in [0.25, 0.3) is 0 Å². The summed E-state index contributed by atoms with van der Waals surface area (Å²) < 4.78 is 12.7. The van der Waals surface area contributed by atoms with E-state index in [2.05, 4.69) is 24.4 Å². The van der Waals surface area contributed by atoms with Crippen LogP contribution in [-0.2, 0) is 6.54 Å². The fourth-order valence-electron chi connectivity index (χ4n) is 2.84. The monoisotopic (exact) mass is 303 g/mol. The number of methoxy groups -OCH3 is 2. The summed E-state index contributed by atoms with van der Waals surface area (Å²) in [5.74, 6) is 2.73. The molecule has 7 heteroatoms. The van der Waals surface area contributed by atoms with Gasteiger partial charge in [-0.15, -0.1) is 0 Å². The number of hydrogen-bond acceptors (Lipinski definition) is 6. The molecule has 2 aromatic heterocycles. The van der Waals surface area contributed by atoms with Gasteiger partial charge in [-0.2, -0.15) is 9.97 Å². The first-order valence-electron chi connectivity index (χ1n) is 7.42. The first kappa shape index (κ1) is 14.6. The lowest BCUT2D eigenvalue weighted by Gasteiger charge is -2.25. The van der Waals surface area contributed by atoms with E-state index < -0.39 is 0 Å². The first-order chi connectivity index (χ1) is 10.7. The van der Waals surface area contributed by atoms with Gasteiger partial charge in [0.25, 0.3) is 0 Å². The zero-order chi connectivity index (χ0) is 15.5.